The number of hydrogen-bond acceptors (Lipinski definition) is 20. The zero-order valence-electron chi connectivity index (χ0n) is 47.5. The summed E-state index contributed by atoms with van der Waals surface area (Å²) in [6.45, 7) is 27.4. The molecule has 8 atom stereocenters. The summed E-state index contributed by atoms with van der Waals surface area (Å²) in [4.78, 5) is 64.2. The highest BCUT2D eigenvalue weighted by Crippen LogP contribution is 2.18. The van der Waals surface area contributed by atoms with Crippen LogP contribution in [0.2, 0.25) is 0 Å². The van der Waals surface area contributed by atoms with Gasteiger partial charge >= 0.3 is 30.0 Å². The molecule has 0 bridgehead atoms. The van der Waals surface area contributed by atoms with Crippen molar-refractivity contribution in [2.24, 2.45) is 5.73 Å². The maximum atomic E-state index is 13.3. The summed E-state index contributed by atoms with van der Waals surface area (Å²) in [5.41, 5.74) is 1.92. The van der Waals surface area contributed by atoms with Gasteiger partial charge in [-0.05, 0) is 188 Å². The SMILES string of the molecule is CC(C)(C)OC(=O)CCC(N[C@@H](O)NC(CC[C@H](O)NCCCCCCC[C@H](O)N[C@@H](CCCCNC(=O)OC(C)(C)C)[C@H](O)NC(CCCCN)C(=O)OC(C)(C)C)C(=O)OC(C)(C)C)C(=O)OC(C)(C)C. The number of nitrogens with one attached hydrogen (secondary N) is 6. The molecule has 0 saturated carbocycles. The third-order valence-electron chi connectivity index (χ3n) is 10.3. The van der Waals surface area contributed by atoms with E-state index in [1.165, 1.54) is 0 Å². The molecule has 0 aliphatic rings. The Morgan fingerprint density at radius 1 is 0.438 bits per heavy atom. The number of esters is 4. The van der Waals surface area contributed by atoms with Crippen molar-refractivity contribution in [1.29, 1.82) is 0 Å². The molecule has 0 fully saturated rings. The fourth-order valence-electron chi connectivity index (χ4n) is 7.17. The van der Waals surface area contributed by atoms with E-state index in [2.05, 4.69) is 31.9 Å². The third kappa shape index (κ3) is 39.8. The van der Waals surface area contributed by atoms with Gasteiger partial charge in [-0.2, -0.15) is 0 Å². The number of carbonyl (C=O) groups is 5. The normalized spacial score (nSPS) is 16.0. The van der Waals surface area contributed by atoms with E-state index in [4.69, 9.17) is 29.4 Å². The van der Waals surface area contributed by atoms with Crippen LogP contribution in [0.15, 0.2) is 0 Å². The van der Waals surface area contributed by atoms with Gasteiger partial charge in [0.1, 0.15) is 64.8 Å². The summed E-state index contributed by atoms with van der Waals surface area (Å²) in [5.74, 6) is -2.39. The van der Waals surface area contributed by atoms with Crippen LogP contribution in [0.25, 0.3) is 0 Å². The minimum absolute atomic E-state index is 0.0535. The number of hydrogen-bond donors (Lipinski definition) is 11. The smallest absolute Gasteiger partial charge is 0.407 e. The highest BCUT2D eigenvalue weighted by atomic mass is 16.6. The molecule has 73 heavy (non-hydrogen) atoms. The van der Waals surface area contributed by atoms with E-state index in [1.54, 1.807) is 104 Å². The van der Waals surface area contributed by atoms with Crippen LogP contribution in [-0.4, -0.2) is 147 Å². The minimum atomic E-state index is -1.60. The Kier molecular flexibility index (Phi) is 32.9. The number of rotatable bonds is 36. The van der Waals surface area contributed by atoms with Crippen molar-refractivity contribution in [3.05, 3.63) is 0 Å². The summed E-state index contributed by atoms with van der Waals surface area (Å²) in [6.07, 6.45) is 2.47. The summed E-state index contributed by atoms with van der Waals surface area (Å²) >= 11 is 0. The molecule has 21 heteroatoms. The summed E-state index contributed by atoms with van der Waals surface area (Å²) in [5, 5.41) is 61.9. The molecule has 0 aromatic carbocycles. The van der Waals surface area contributed by atoms with E-state index < -0.39 is 107 Å². The lowest BCUT2D eigenvalue weighted by Gasteiger charge is -2.31. The predicted octanol–water partition coefficient (Wildman–Crippen LogP) is 4.73. The lowest BCUT2D eigenvalue weighted by atomic mass is 10.0. The van der Waals surface area contributed by atoms with Crippen molar-refractivity contribution >= 4 is 30.0 Å². The van der Waals surface area contributed by atoms with Crippen molar-refractivity contribution in [3.63, 3.8) is 0 Å². The Balaban J connectivity index is 5.35. The monoisotopic (exact) mass is 1050 g/mol. The minimum Gasteiger partial charge on any atom is -0.460 e. The lowest BCUT2D eigenvalue weighted by molar-refractivity contribution is -0.161. The lowest BCUT2D eigenvalue weighted by Crippen LogP contribution is -2.56. The number of aliphatic hydroxyl groups excluding tert-OH is 4. The van der Waals surface area contributed by atoms with E-state index in [1.807, 2.05) is 0 Å². The van der Waals surface area contributed by atoms with Crippen LogP contribution in [-0.2, 0) is 42.9 Å². The van der Waals surface area contributed by atoms with E-state index in [0.29, 0.717) is 71.0 Å². The Morgan fingerprint density at radius 3 is 1.38 bits per heavy atom. The Hall–Kier alpha value is -3.25. The second kappa shape index (κ2) is 34.4. The molecule has 3 unspecified atom stereocenters. The van der Waals surface area contributed by atoms with Gasteiger partial charge in [-0.1, -0.05) is 25.7 Å². The fraction of sp³-hybridized carbons (Fsp3) is 0.904. The number of amides is 1. The van der Waals surface area contributed by atoms with Crippen molar-refractivity contribution in [2.75, 3.05) is 19.6 Å². The number of nitrogens with two attached hydrogens (primary N) is 1. The van der Waals surface area contributed by atoms with Crippen LogP contribution in [0.5, 0.6) is 0 Å². The second-order valence-electron chi connectivity index (χ2n) is 23.8. The van der Waals surface area contributed by atoms with Crippen LogP contribution >= 0.6 is 0 Å². The van der Waals surface area contributed by atoms with E-state index in [0.717, 1.165) is 25.7 Å². The highest BCUT2D eigenvalue weighted by Gasteiger charge is 2.33. The number of ether oxygens (including phenoxy) is 5. The van der Waals surface area contributed by atoms with Crippen LogP contribution in [0.3, 0.4) is 0 Å². The molecule has 0 aromatic heterocycles. The van der Waals surface area contributed by atoms with Gasteiger partial charge < -0.3 is 55.2 Å². The van der Waals surface area contributed by atoms with E-state index in [-0.39, 0.29) is 25.7 Å². The molecular weight excluding hydrogens is 947 g/mol. The van der Waals surface area contributed by atoms with Crippen molar-refractivity contribution in [1.82, 2.24) is 31.9 Å². The largest absolute Gasteiger partial charge is 0.460 e. The summed E-state index contributed by atoms with van der Waals surface area (Å²) in [7, 11) is 0. The van der Waals surface area contributed by atoms with E-state index in [9.17, 15) is 44.4 Å². The first kappa shape index (κ1) is 69.8. The van der Waals surface area contributed by atoms with Crippen LogP contribution < -0.4 is 37.6 Å². The quantitative estimate of drug-likeness (QED) is 0.0175. The van der Waals surface area contributed by atoms with Crippen LogP contribution in [0, 0.1) is 0 Å². The molecule has 1 amide bonds. The Morgan fingerprint density at radius 2 is 0.877 bits per heavy atom. The first-order chi connectivity index (χ1) is 33.5. The van der Waals surface area contributed by atoms with Crippen molar-refractivity contribution in [2.45, 2.75) is 284 Å². The molecular formula is C52H103N7O14. The molecule has 430 valence electrons. The van der Waals surface area contributed by atoms with Gasteiger partial charge in [-0.25, -0.2) is 4.79 Å². The topological polar surface area (TPSA) is 311 Å². The third-order valence-corrected chi connectivity index (χ3v) is 10.3. The second-order valence-corrected chi connectivity index (χ2v) is 23.8. The summed E-state index contributed by atoms with van der Waals surface area (Å²) < 4.78 is 27.5. The average Bonchev–Trinajstić information content (AvgIpc) is 3.20. The van der Waals surface area contributed by atoms with Gasteiger partial charge in [0.15, 0.2) is 6.35 Å². The molecule has 0 spiro atoms. The average molecular weight is 1050 g/mol. The molecule has 0 rings (SSSR count). The van der Waals surface area contributed by atoms with Crippen LogP contribution in [0.1, 0.15) is 207 Å². The number of aliphatic hydroxyl groups is 4. The maximum Gasteiger partial charge on any atom is 0.407 e. The molecule has 0 saturated heterocycles. The first-order valence-electron chi connectivity index (χ1n) is 26.6. The van der Waals surface area contributed by atoms with Crippen molar-refractivity contribution in [3.8, 4) is 0 Å². The number of carbonyl (C=O) groups excluding carboxylic acids is 5. The standard InChI is InChI=1S/C52H103N7O14/c1-48(2,3)69-41(62)31-29-38(45(66)72-51(10,11)12)59-46(67)58-37(44(65)71-50(7,8)9)28-30-39(60)54-33-23-18-16-17-19-27-40(61)56-35(25-21-24-34-55-47(68)73-52(13,14)15)42(63)57-36(26-20-22-32-53)43(64)70-49(4,5)6/h35-40,42,46,54,56-61,63,67H,16-34,53H2,1-15H3,(H,55,68)/t35-,36?,37?,38?,39-,40-,42-,46-/m0/s1. The van der Waals surface area contributed by atoms with Gasteiger partial charge in [0.25, 0.3) is 0 Å². The van der Waals surface area contributed by atoms with Gasteiger partial charge in [-0.15, -0.1) is 0 Å². The van der Waals surface area contributed by atoms with Gasteiger partial charge in [0.05, 0.1) is 0 Å². The molecule has 0 aliphatic carbocycles. The summed E-state index contributed by atoms with van der Waals surface area (Å²) in [6, 6.07) is -3.65. The maximum absolute atomic E-state index is 13.3. The van der Waals surface area contributed by atoms with Crippen LogP contribution in [0.4, 0.5) is 4.79 Å². The van der Waals surface area contributed by atoms with Gasteiger partial charge in [-0.3, -0.25) is 45.8 Å². The molecule has 0 aliphatic heterocycles. The number of unbranched alkanes of at least 4 members (excludes halogenated alkanes) is 6. The highest BCUT2D eigenvalue weighted by molar-refractivity contribution is 5.78. The van der Waals surface area contributed by atoms with Crippen molar-refractivity contribution < 1.29 is 68.1 Å². The Labute approximate surface area is 438 Å². The molecule has 12 N–H and O–H groups in total. The zero-order valence-corrected chi connectivity index (χ0v) is 47.5. The molecule has 21 nitrogen and oxygen atoms in total. The fourth-order valence-corrected chi connectivity index (χ4v) is 7.17. The number of alkyl carbamates (subject to hydrolysis) is 1. The van der Waals surface area contributed by atoms with E-state index >= 15 is 0 Å². The Bertz CT molecular complexity index is 1570. The predicted molar refractivity (Wildman–Crippen MR) is 280 cm³/mol. The molecule has 0 radical (unpaired) electrons. The van der Waals surface area contributed by atoms with Gasteiger partial charge in [0, 0.05) is 19.0 Å². The molecule has 0 aromatic rings. The zero-order chi connectivity index (χ0) is 56.2. The molecule has 0 heterocycles. The first-order valence-corrected chi connectivity index (χ1v) is 26.6. The van der Waals surface area contributed by atoms with Gasteiger partial charge in [0.2, 0.25) is 0 Å².